The van der Waals surface area contributed by atoms with Gasteiger partial charge in [-0.1, -0.05) is 11.8 Å². The van der Waals surface area contributed by atoms with Crippen LogP contribution in [-0.4, -0.2) is 36.1 Å². The highest BCUT2D eigenvalue weighted by Gasteiger charge is 2.23. The Morgan fingerprint density at radius 1 is 1.67 bits per heavy atom. The normalized spacial score (nSPS) is 28.5. The quantitative estimate of drug-likeness (QED) is 0.496. The summed E-state index contributed by atoms with van der Waals surface area (Å²) >= 11 is 0. The zero-order valence-corrected chi connectivity index (χ0v) is 7.70. The molecule has 1 heterocycles. The van der Waals surface area contributed by atoms with Crippen molar-refractivity contribution in [2.24, 2.45) is 0 Å². The Labute approximate surface area is 73.3 Å². The first-order valence-corrected chi connectivity index (χ1v) is 4.49. The Bertz CT molecular complexity index is 242. The fourth-order valence-corrected chi connectivity index (χ4v) is 1.92. The third kappa shape index (κ3) is 1.19. The van der Waals surface area contributed by atoms with Crippen molar-refractivity contribution in [2.75, 3.05) is 14.1 Å². The molecule has 0 aromatic rings. The molecule has 1 aliphatic carbocycles. The fourth-order valence-electron chi connectivity index (χ4n) is 1.92. The van der Waals surface area contributed by atoms with E-state index in [0.717, 1.165) is 0 Å². The van der Waals surface area contributed by atoms with Gasteiger partial charge in [-0.25, -0.2) is 0 Å². The Kier molecular flexibility index (Phi) is 1.79. The van der Waals surface area contributed by atoms with E-state index in [0.29, 0.717) is 6.04 Å². The second-order valence-corrected chi connectivity index (χ2v) is 3.53. The van der Waals surface area contributed by atoms with Crippen LogP contribution in [0.3, 0.4) is 0 Å². The molecule has 12 heavy (non-hydrogen) atoms. The standard InChI is InChI=1S/C9H15N3/c1-11-7-12(2)10-8-5-3-4-6-9(8)11/h5,7,9H,3-4,6H2,1-2H3. The summed E-state index contributed by atoms with van der Waals surface area (Å²) in [5.74, 6) is 0. The van der Waals surface area contributed by atoms with E-state index in [9.17, 15) is 0 Å². The zero-order chi connectivity index (χ0) is 8.55. The van der Waals surface area contributed by atoms with Crippen molar-refractivity contribution >= 4 is 6.34 Å². The fraction of sp³-hybridized carbons (Fsp3) is 0.667. The van der Waals surface area contributed by atoms with Crippen molar-refractivity contribution in [1.29, 1.82) is 0 Å². The molecule has 1 atom stereocenters. The van der Waals surface area contributed by atoms with Gasteiger partial charge in [0.15, 0.2) is 0 Å². The molecule has 0 N–H and O–H groups in total. The Hall–Kier alpha value is -0.990. The second kappa shape index (κ2) is 2.81. The van der Waals surface area contributed by atoms with E-state index >= 15 is 0 Å². The average molecular weight is 165 g/mol. The van der Waals surface area contributed by atoms with E-state index in [1.165, 1.54) is 25.0 Å². The van der Waals surface area contributed by atoms with Gasteiger partial charge in [-0.2, -0.15) is 0 Å². The van der Waals surface area contributed by atoms with Crippen LogP contribution in [0.2, 0.25) is 0 Å². The lowest BCUT2D eigenvalue weighted by atomic mass is 9.98. The summed E-state index contributed by atoms with van der Waals surface area (Å²) < 4.78 is 1.88. The number of fused-ring (bicyclic) bond motifs is 1. The maximum Gasteiger partial charge on any atom is 0.225 e. The number of hydrogen-bond donors (Lipinski definition) is 0. The lowest BCUT2D eigenvalue weighted by Crippen LogP contribution is -2.40. The summed E-state index contributed by atoms with van der Waals surface area (Å²) in [7, 11) is 4.09. The molecular formula is C9H15N3. The van der Waals surface area contributed by atoms with E-state index in [2.05, 4.69) is 23.4 Å². The highest BCUT2D eigenvalue weighted by molar-refractivity contribution is 5.53. The van der Waals surface area contributed by atoms with Crippen molar-refractivity contribution in [3.8, 4) is 0 Å². The molecule has 0 saturated carbocycles. The van der Waals surface area contributed by atoms with Crippen LogP contribution in [0.1, 0.15) is 19.3 Å². The third-order valence-corrected chi connectivity index (χ3v) is 2.49. The van der Waals surface area contributed by atoms with Gasteiger partial charge in [0, 0.05) is 0 Å². The summed E-state index contributed by atoms with van der Waals surface area (Å²) in [6.07, 6.45) is 8.04. The lowest BCUT2D eigenvalue weighted by Gasteiger charge is -2.39. The molecule has 0 amide bonds. The molecule has 2 rings (SSSR count). The van der Waals surface area contributed by atoms with Gasteiger partial charge < -0.3 is 10.1 Å². The molecule has 2 aliphatic rings. The third-order valence-electron chi connectivity index (χ3n) is 2.49. The molecule has 3 heteroatoms. The van der Waals surface area contributed by atoms with Crippen LogP contribution in [-0.2, 0) is 0 Å². The topological polar surface area (TPSA) is 20.4 Å². The Morgan fingerprint density at radius 3 is 3.33 bits per heavy atom. The van der Waals surface area contributed by atoms with Gasteiger partial charge >= 0.3 is 0 Å². The summed E-state index contributed by atoms with van der Waals surface area (Å²) in [5.41, 5.74) is 5.70. The molecule has 1 aliphatic heterocycles. The zero-order valence-electron chi connectivity index (χ0n) is 7.70. The molecule has 0 radical (unpaired) electrons. The van der Waals surface area contributed by atoms with Crippen LogP contribution < -0.4 is 0 Å². The number of hydrogen-bond acceptors (Lipinski definition) is 1. The van der Waals surface area contributed by atoms with E-state index < -0.39 is 0 Å². The number of rotatable bonds is 0. The molecule has 0 aromatic carbocycles. The SMILES string of the molecule is CN1C=[N+](C)[N-]C2=CCCCC21. The number of nitrogens with zero attached hydrogens (tertiary/aromatic N) is 3. The number of likely N-dealkylation sites (N-methyl/N-ethyl adjacent to an activating group) is 1. The highest BCUT2D eigenvalue weighted by atomic mass is 15.5. The summed E-state index contributed by atoms with van der Waals surface area (Å²) in [6, 6.07) is 0.537. The minimum atomic E-state index is 0.537. The van der Waals surface area contributed by atoms with Gasteiger partial charge in [0.1, 0.15) is 6.04 Å². The van der Waals surface area contributed by atoms with Crippen molar-refractivity contribution < 1.29 is 4.68 Å². The largest absolute Gasteiger partial charge is 0.500 e. The minimum Gasteiger partial charge on any atom is -0.500 e. The average Bonchev–Trinajstić information content (AvgIpc) is 2.04. The molecule has 0 fully saturated rings. The van der Waals surface area contributed by atoms with E-state index in [1.54, 1.807) is 0 Å². The minimum absolute atomic E-state index is 0.537. The van der Waals surface area contributed by atoms with E-state index in [-0.39, 0.29) is 0 Å². The first-order valence-electron chi connectivity index (χ1n) is 4.49. The van der Waals surface area contributed by atoms with E-state index in [1.807, 2.05) is 18.1 Å². The van der Waals surface area contributed by atoms with Gasteiger partial charge in [0.05, 0.1) is 14.1 Å². The van der Waals surface area contributed by atoms with Gasteiger partial charge in [-0.3, -0.25) is 4.90 Å². The van der Waals surface area contributed by atoms with Gasteiger partial charge in [0.2, 0.25) is 6.34 Å². The van der Waals surface area contributed by atoms with Crippen LogP contribution in [0.5, 0.6) is 0 Å². The molecule has 0 spiro atoms. The predicted molar refractivity (Wildman–Crippen MR) is 49.1 cm³/mol. The molecule has 66 valence electrons. The van der Waals surface area contributed by atoms with Crippen molar-refractivity contribution in [2.45, 2.75) is 25.3 Å². The summed E-state index contributed by atoms with van der Waals surface area (Å²) in [5, 5.41) is 0. The summed E-state index contributed by atoms with van der Waals surface area (Å²) in [6.45, 7) is 0. The van der Waals surface area contributed by atoms with Crippen molar-refractivity contribution in [3.63, 3.8) is 0 Å². The summed E-state index contributed by atoms with van der Waals surface area (Å²) in [4.78, 5) is 2.25. The molecule has 0 saturated heterocycles. The van der Waals surface area contributed by atoms with Crippen LogP contribution in [0.25, 0.3) is 5.43 Å². The Balaban J connectivity index is 2.25. The lowest BCUT2D eigenvalue weighted by molar-refractivity contribution is -0.446. The molecule has 3 nitrogen and oxygen atoms in total. The predicted octanol–water partition coefficient (Wildman–Crippen LogP) is 1.33. The molecule has 0 bridgehead atoms. The van der Waals surface area contributed by atoms with Crippen LogP contribution >= 0.6 is 0 Å². The first-order chi connectivity index (χ1) is 5.77. The van der Waals surface area contributed by atoms with Crippen LogP contribution in [0.4, 0.5) is 0 Å². The molecule has 1 unspecified atom stereocenters. The van der Waals surface area contributed by atoms with Gasteiger partial charge in [-0.15, -0.1) is 0 Å². The van der Waals surface area contributed by atoms with Crippen molar-refractivity contribution in [3.05, 3.63) is 17.2 Å². The molecule has 0 aromatic heterocycles. The van der Waals surface area contributed by atoms with Gasteiger partial charge in [0.25, 0.3) is 0 Å². The smallest absolute Gasteiger partial charge is 0.225 e. The van der Waals surface area contributed by atoms with Crippen LogP contribution in [0.15, 0.2) is 11.8 Å². The monoisotopic (exact) mass is 165 g/mol. The van der Waals surface area contributed by atoms with Gasteiger partial charge in [-0.05, 0) is 19.3 Å². The first kappa shape index (κ1) is 7.65. The van der Waals surface area contributed by atoms with E-state index in [4.69, 9.17) is 0 Å². The maximum atomic E-state index is 4.45. The highest BCUT2D eigenvalue weighted by Crippen LogP contribution is 2.27. The maximum absolute atomic E-state index is 4.45. The molecular weight excluding hydrogens is 150 g/mol. The number of allylic oxidation sites excluding steroid dienone is 1. The van der Waals surface area contributed by atoms with Crippen LogP contribution in [0, 0.1) is 0 Å². The Morgan fingerprint density at radius 2 is 2.50 bits per heavy atom. The van der Waals surface area contributed by atoms with Crippen molar-refractivity contribution in [1.82, 2.24) is 4.90 Å². The second-order valence-electron chi connectivity index (χ2n) is 3.53.